The Morgan fingerprint density at radius 1 is 1.42 bits per heavy atom. The van der Waals surface area contributed by atoms with E-state index in [1.807, 2.05) is 26.8 Å². The number of nitrogens with zero attached hydrogens (tertiary/aromatic N) is 1. The zero-order chi connectivity index (χ0) is 14.0. The summed E-state index contributed by atoms with van der Waals surface area (Å²) in [6.45, 7) is 6.84. The quantitative estimate of drug-likeness (QED) is 0.912. The predicted octanol–water partition coefficient (Wildman–Crippen LogP) is 4.25. The van der Waals surface area contributed by atoms with Crippen LogP contribution in [0.15, 0.2) is 18.2 Å². The van der Waals surface area contributed by atoms with Gasteiger partial charge in [-0.05, 0) is 38.1 Å². The fourth-order valence-electron chi connectivity index (χ4n) is 1.86. The van der Waals surface area contributed by atoms with Crippen LogP contribution in [0, 0.1) is 19.7 Å². The van der Waals surface area contributed by atoms with E-state index in [4.69, 9.17) is 11.6 Å². The highest BCUT2D eigenvalue weighted by molar-refractivity contribution is 7.11. The average molecular weight is 299 g/mol. The van der Waals surface area contributed by atoms with Crippen molar-refractivity contribution in [1.29, 1.82) is 0 Å². The first kappa shape index (κ1) is 14.4. The largest absolute Gasteiger partial charge is 0.305 e. The van der Waals surface area contributed by atoms with Crippen LogP contribution in [0.4, 0.5) is 4.39 Å². The summed E-state index contributed by atoms with van der Waals surface area (Å²) in [7, 11) is 0. The number of thiazole rings is 1. The molecule has 0 saturated carbocycles. The minimum atomic E-state index is -0.396. The van der Waals surface area contributed by atoms with Crippen molar-refractivity contribution in [3.8, 4) is 0 Å². The van der Waals surface area contributed by atoms with E-state index in [-0.39, 0.29) is 11.1 Å². The van der Waals surface area contributed by atoms with Crippen molar-refractivity contribution in [2.45, 2.75) is 26.8 Å². The van der Waals surface area contributed by atoms with E-state index in [1.165, 1.54) is 10.9 Å². The van der Waals surface area contributed by atoms with Crippen LogP contribution in [-0.4, -0.2) is 11.5 Å². The number of hydrogen-bond acceptors (Lipinski definition) is 3. The summed E-state index contributed by atoms with van der Waals surface area (Å²) in [6, 6.07) is 4.81. The van der Waals surface area contributed by atoms with E-state index in [9.17, 15) is 4.39 Å². The summed E-state index contributed by atoms with van der Waals surface area (Å²) in [4.78, 5) is 5.75. The van der Waals surface area contributed by atoms with Crippen LogP contribution in [0.2, 0.25) is 5.02 Å². The van der Waals surface area contributed by atoms with Gasteiger partial charge in [0.2, 0.25) is 0 Å². The number of nitrogens with one attached hydrogen (secondary N) is 1. The molecule has 0 aliphatic carbocycles. The number of rotatable bonds is 4. The molecule has 1 unspecified atom stereocenters. The molecule has 0 bridgehead atoms. The molecule has 2 rings (SSSR count). The molecule has 0 aliphatic heterocycles. The van der Waals surface area contributed by atoms with Crippen molar-refractivity contribution in [3.63, 3.8) is 0 Å². The van der Waals surface area contributed by atoms with Crippen LogP contribution in [0.3, 0.4) is 0 Å². The number of halogens is 2. The maximum Gasteiger partial charge on any atom is 0.142 e. The van der Waals surface area contributed by atoms with Gasteiger partial charge in [-0.15, -0.1) is 11.3 Å². The van der Waals surface area contributed by atoms with Crippen LogP contribution in [0.5, 0.6) is 0 Å². The summed E-state index contributed by atoms with van der Waals surface area (Å²) in [5.74, 6) is -0.396. The third-order valence-corrected chi connectivity index (χ3v) is 4.42. The van der Waals surface area contributed by atoms with E-state index in [1.54, 1.807) is 17.4 Å². The second kappa shape index (κ2) is 5.99. The number of benzene rings is 1. The van der Waals surface area contributed by atoms with Crippen LogP contribution >= 0.6 is 22.9 Å². The van der Waals surface area contributed by atoms with Crippen molar-refractivity contribution in [2.24, 2.45) is 0 Å². The van der Waals surface area contributed by atoms with Crippen LogP contribution in [0.1, 0.15) is 34.1 Å². The molecule has 1 heterocycles. The second-order valence-electron chi connectivity index (χ2n) is 4.36. The molecule has 0 saturated heterocycles. The molecule has 0 fully saturated rings. The smallest absolute Gasteiger partial charge is 0.142 e. The van der Waals surface area contributed by atoms with Gasteiger partial charge in [0.25, 0.3) is 0 Å². The molecule has 0 aliphatic rings. The molecule has 0 spiro atoms. The lowest BCUT2D eigenvalue weighted by Crippen LogP contribution is -2.22. The molecule has 102 valence electrons. The molecule has 1 N–H and O–H groups in total. The second-order valence-corrected chi connectivity index (χ2v) is 6.00. The molecule has 19 heavy (non-hydrogen) atoms. The summed E-state index contributed by atoms with van der Waals surface area (Å²) in [6.07, 6.45) is 0. The Morgan fingerprint density at radius 3 is 2.68 bits per heavy atom. The number of hydrogen-bond donors (Lipinski definition) is 1. The van der Waals surface area contributed by atoms with E-state index in [0.717, 1.165) is 22.8 Å². The van der Waals surface area contributed by atoms with Crippen molar-refractivity contribution in [3.05, 3.63) is 50.2 Å². The molecule has 1 aromatic heterocycles. The first-order valence-corrected chi connectivity index (χ1v) is 7.34. The monoisotopic (exact) mass is 298 g/mol. The summed E-state index contributed by atoms with van der Waals surface area (Å²) in [5.41, 5.74) is 1.87. The zero-order valence-electron chi connectivity index (χ0n) is 11.1. The molecule has 1 atom stereocenters. The molecule has 5 heteroatoms. The SMILES string of the molecule is CCNC(c1ccc(Cl)c(F)c1)c1nc(C)c(C)s1. The average Bonchev–Trinajstić information content (AvgIpc) is 2.70. The van der Waals surface area contributed by atoms with Crippen LogP contribution in [-0.2, 0) is 0 Å². The third-order valence-electron chi connectivity index (χ3n) is 2.98. The van der Waals surface area contributed by atoms with Gasteiger partial charge in [-0.1, -0.05) is 24.6 Å². The zero-order valence-corrected chi connectivity index (χ0v) is 12.7. The van der Waals surface area contributed by atoms with Gasteiger partial charge >= 0.3 is 0 Å². The maximum atomic E-state index is 13.6. The fraction of sp³-hybridized carbons (Fsp3) is 0.357. The van der Waals surface area contributed by atoms with Gasteiger partial charge in [-0.2, -0.15) is 0 Å². The lowest BCUT2D eigenvalue weighted by Gasteiger charge is -2.16. The Labute approximate surface area is 121 Å². The van der Waals surface area contributed by atoms with Gasteiger partial charge in [0.1, 0.15) is 10.8 Å². The van der Waals surface area contributed by atoms with E-state index >= 15 is 0 Å². The van der Waals surface area contributed by atoms with Crippen molar-refractivity contribution >= 4 is 22.9 Å². The van der Waals surface area contributed by atoms with Gasteiger partial charge in [-0.25, -0.2) is 9.37 Å². The van der Waals surface area contributed by atoms with E-state index in [2.05, 4.69) is 10.3 Å². The van der Waals surface area contributed by atoms with E-state index < -0.39 is 5.82 Å². The van der Waals surface area contributed by atoms with Crippen molar-refractivity contribution in [1.82, 2.24) is 10.3 Å². The highest BCUT2D eigenvalue weighted by atomic mass is 35.5. The lowest BCUT2D eigenvalue weighted by molar-refractivity contribution is 0.601. The van der Waals surface area contributed by atoms with Gasteiger partial charge in [0.05, 0.1) is 16.8 Å². The Bertz CT molecular complexity index is 563. The van der Waals surface area contributed by atoms with Gasteiger partial charge in [0.15, 0.2) is 0 Å². The third kappa shape index (κ3) is 3.14. The van der Waals surface area contributed by atoms with Gasteiger partial charge < -0.3 is 5.32 Å². The normalized spacial score (nSPS) is 12.7. The molecule has 0 radical (unpaired) electrons. The minimum absolute atomic E-state index is 0.0887. The molecule has 0 amide bonds. The molecular weight excluding hydrogens is 283 g/mol. The topological polar surface area (TPSA) is 24.9 Å². The molecular formula is C14H16ClFN2S. The Balaban J connectivity index is 2.41. The summed E-state index contributed by atoms with van der Waals surface area (Å²) >= 11 is 7.37. The van der Waals surface area contributed by atoms with E-state index in [0.29, 0.717) is 0 Å². The first-order chi connectivity index (χ1) is 9.02. The van der Waals surface area contributed by atoms with Gasteiger partial charge in [0, 0.05) is 4.88 Å². The standard InChI is InChI=1S/C14H16ClFN2S/c1-4-17-13(14-18-8(2)9(3)19-14)10-5-6-11(15)12(16)7-10/h5-7,13,17H,4H2,1-3H3. The molecule has 2 aromatic rings. The Hall–Kier alpha value is -0.970. The highest BCUT2D eigenvalue weighted by Gasteiger charge is 2.18. The Kier molecular flexibility index (Phi) is 4.55. The summed E-state index contributed by atoms with van der Waals surface area (Å²) in [5, 5.41) is 4.44. The van der Waals surface area contributed by atoms with Crippen molar-refractivity contribution < 1.29 is 4.39 Å². The van der Waals surface area contributed by atoms with Crippen LogP contribution < -0.4 is 5.32 Å². The van der Waals surface area contributed by atoms with Crippen LogP contribution in [0.25, 0.3) is 0 Å². The predicted molar refractivity (Wildman–Crippen MR) is 78.5 cm³/mol. The number of aryl methyl sites for hydroxylation is 2. The Morgan fingerprint density at radius 2 is 2.16 bits per heavy atom. The molecule has 1 aromatic carbocycles. The lowest BCUT2D eigenvalue weighted by atomic mass is 10.1. The minimum Gasteiger partial charge on any atom is -0.305 e. The highest BCUT2D eigenvalue weighted by Crippen LogP contribution is 2.29. The molecule has 2 nitrogen and oxygen atoms in total. The van der Waals surface area contributed by atoms with Crippen molar-refractivity contribution in [2.75, 3.05) is 6.54 Å². The maximum absolute atomic E-state index is 13.6. The summed E-state index contributed by atoms with van der Waals surface area (Å²) < 4.78 is 13.6. The number of aromatic nitrogens is 1. The first-order valence-electron chi connectivity index (χ1n) is 6.15. The fourth-order valence-corrected chi connectivity index (χ4v) is 3.01. The van der Waals surface area contributed by atoms with Gasteiger partial charge in [-0.3, -0.25) is 0 Å².